The van der Waals surface area contributed by atoms with Crippen molar-refractivity contribution in [3.8, 4) is 5.75 Å². The van der Waals surface area contributed by atoms with Crippen molar-refractivity contribution >= 4 is 9.84 Å². The Morgan fingerprint density at radius 2 is 2.06 bits per heavy atom. The minimum Gasteiger partial charge on any atom is -0.496 e. The van der Waals surface area contributed by atoms with Crippen molar-refractivity contribution in [3.05, 3.63) is 23.8 Å². The highest BCUT2D eigenvalue weighted by atomic mass is 32.2. The topological polar surface area (TPSA) is 69.4 Å². The van der Waals surface area contributed by atoms with Crippen molar-refractivity contribution in [1.29, 1.82) is 0 Å². The molecule has 5 heteroatoms. The van der Waals surface area contributed by atoms with Gasteiger partial charge in [0.05, 0.1) is 12.0 Å². The van der Waals surface area contributed by atoms with E-state index >= 15 is 0 Å². The molecule has 0 fully saturated rings. The fourth-order valence-corrected chi connectivity index (χ4v) is 2.09. The normalized spacial score (nSPS) is 11.4. The maximum absolute atomic E-state index is 11.4. The molecule has 0 aliphatic carbocycles. The molecule has 0 bridgehead atoms. The van der Waals surface area contributed by atoms with Gasteiger partial charge in [0.25, 0.3) is 0 Å². The summed E-state index contributed by atoms with van der Waals surface area (Å²) in [7, 11) is -1.64. The SMILES string of the molecule is COc1cc(S(C)(=O)=O)ccc1CCCN. The Bertz CT molecular complexity index is 454. The van der Waals surface area contributed by atoms with E-state index < -0.39 is 9.84 Å². The molecular formula is C11H17NO3S. The summed E-state index contributed by atoms with van der Waals surface area (Å²) in [6, 6.07) is 4.94. The molecule has 4 nitrogen and oxygen atoms in total. The Morgan fingerprint density at radius 1 is 1.38 bits per heavy atom. The first-order chi connectivity index (χ1) is 7.49. The summed E-state index contributed by atoms with van der Waals surface area (Å²) < 4.78 is 27.9. The van der Waals surface area contributed by atoms with Crippen LogP contribution in [0.1, 0.15) is 12.0 Å². The number of ether oxygens (including phenoxy) is 1. The van der Waals surface area contributed by atoms with Crippen molar-refractivity contribution in [2.24, 2.45) is 5.73 Å². The quantitative estimate of drug-likeness (QED) is 0.837. The summed E-state index contributed by atoms with van der Waals surface area (Å²) >= 11 is 0. The first-order valence-electron chi connectivity index (χ1n) is 5.06. The van der Waals surface area contributed by atoms with Gasteiger partial charge in [0.1, 0.15) is 5.75 Å². The molecule has 0 amide bonds. The van der Waals surface area contributed by atoms with Crippen molar-refractivity contribution in [3.63, 3.8) is 0 Å². The minimum absolute atomic E-state index is 0.279. The minimum atomic E-state index is -3.18. The van der Waals surface area contributed by atoms with Crippen LogP contribution in [0.15, 0.2) is 23.1 Å². The van der Waals surface area contributed by atoms with Gasteiger partial charge in [-0.25, -0.2) is 8.42 Å². The van der Waals surface area contributed by atoms with Crippen LogP contribution >= 0.6 is 0 Å². The number of rotatable bonds is 5. The average Bonchev–Trinajstić information content (AvgIpc) is 2.24. The van der Waals surface area contributed by atoms with Gasteiger partial charge >= 0.3 is 0 Å². The van der Waals surface area contributed by atoms with Crippen LogP contribution < -0.4 is 10.5 Å². The Morgan fingerprint density at radius 3 is 2.56 bits per heavy atom. The fourth-order valence-electron chi connectivity index (χ4n) is 1.45. The summed E-state index contributed by atoms with van der Waals surface area (Å²) in [5.74, 6) is 0.608. The Labute approximate surface area is 96.3 Å². The molecule has 0 radical (unpaired) electrons. The molecule has 1 aromatic carbocycles. The molecular weight excluding hydrogens is 226 g/mol. The predicted molar refractivity (Wildman–Crippen MR) is 63.5 cm³/mol. The first kappa shape index (κ1) is 13.0. The largest absolute Gasteiger partial charge is 0.496 e. The van der Waals surface area contributed by atoms with Gasteiger partial charge in [-0.2, -0.15) is 0 Å². The number of hydrogen-bond donors (Lipinski definition) is 1. The van der Waals surface area contributed by atoms with Crippen LogP contribution in [0.2, 0.25) is 0 Å². The highest BCUT2D eigenvalue weighted by Gasteiger charge is 2.11. The molecule has 0 aliphatic heterocycles. The van der Waals surface area contributed by atoms with Crippen molar-refractivity contribution in [2.75, 3.05) is 19.9 Å². The number of nitrogens with two attached hydrogens (primary N) is 1. The molecule has 0 unspecified atom stereocenters. The van der Waals surface area contributed by atoms with Crippen LogP contribution in [0.4, 0.5) is 0 Å². The molecule has 0 spiro atoms. The van der Waals surface area contributed by atoms with E-state index in [9.17, 15) is 8.42 Å². The third kappa shape index (κ3) is 3.21. The second-order valence-corrected chi connectivity index (χ2v) is 5.65. The lowest BCUT2D eigenvalue weighted by molar-refractivity contribution is 0.408. The molecule has 16 heavy (non-hydrogen) atoms. The van der Waals surface area contributed by atoms with E-state index in [1.165, 1.54) is 13.4 Å². The first-order valence-corrected chi connectivity index (χ1v) is 6.95. The summed E-state index contributed by atoms with van der Waals surface area (Å²) in [6.45, 7) is 0.608. The highest BCUT2D eigenvalue weighted by Crippen LogP contribution is 2.23. The molecule has 1 aromatic rings. The zero-order valence-electron chi connectivity index (χ0n) is 9.56. The van der Waals surface area contributed by atoms with Crippen molar-refractivity contribution < 1.29 is 13.2 Å². The molecule has 90 valence electrons. The predicted octanol–water partition coefficient (Wildman–Crippen LogP) is 0.990. The lowest BCUT2D eigenvalue weighted by Gasteiger charge is -2.09. The smallest absolute Gasteiger partial charge is 0.175 e. The molecule has 2 N–H and O–H groups in total. The Balaban J connectivity index is 3.07. The van der Waals surface area contributed by atoms with Gasteiger partial charge in [0, 0.05) is 6.26 Å². The maximum atomic E-state index is 11.4. The lowest BCUT2D eigenvalue weighted by Crippen LogP contribution is -2.03. The summed E-state index contributed by atoms with van der Waals surface area (Å²) in [5.41, 5.74) is 6.42. The van der Waals surface area contributed by atoms with Gasteiger partial charge in [-0.05, 0) is 37.1 Å². The molecule has 0 aliphatic rings. The number of methoxy groups -OCH3 is 1. The fraction of sp³-hybridized carbons (Fsp3) is 0.455. The van der Waals surface area contributed by atoms with Crippen LogP contribution in [-0.2, 0) is 16.3 Å². The number of benzene rings is 1. The van der Waals surface area contributed by atoms with Gasteiger partial charge in [-0.3, -0.25) is 0 Å². The van der Waals surface area contributed by atoms with E-state index in [2.05, 4.69) is 0 Å². The second-order valence-electron chi connectivity index (χ2n) is 3.64. The van der Waals surface area contributed by atoms with E-state index in [1.807, 2.05) is 0 Å². The van der Waals surface area contributed by atoms with Crippen LogP contribution in [0.5, 0.6) is 5.75 Å². The third-order valence-electron chi connectivity index (χ3n) is 2.34. The number of aryl methyl sites for hydroxylation is 1. The molecule has 0 atom stereocenters. The number of hydrogen-bond acceptors (Lipinski definition) is 4. The standard InChI is InChI=1S/C11H17NO3S/c1-15-11-8-10(16(2,13)14)6-5-9(11)4-3-7-12/h5-6,8H,3-4,7,12H2,1-2H3. The van der Waals surface area contributed by atoms with Crippen molar-refractivity contribution in [1.82, 2.24) is 0 Å². The molecule has 0 aromatic heterocycles. The maximum Gasteiger partial charge on any atom is 0.175 e. The van der Waals surface area contributed by atoms with Gasteiger partial charge in [-0.15, -0.1) is 0 Å². The summed E-state index contributed by atoms with van der Waals surface area (Å²) in [5, 5.41) is 0. The van der Waals surface area contributed by atoms with E-state index in [4.69, 9.17) is 10.5 Å². The summed E-state index contributed by atoms with van der Waals surface area (Å²) in [4.78, 5) is 0.279. The van der Waals surface area contributed by atoms with E-state index in [-0.39, 0.29) is 4.90 Å². The van der Waals surface area contributed by atoms with Gasteiger partial charge in [-0.1, -0.05) is 6.07 Å². The van der Waals surface area contributed by atoms with Crippen LogP contribution in [0.3, 0.4) is 0 Å². The summed E-state index contributed by atoms with van der Waals surface area (Å²) in [6.07, 6.45) is 2.83. The highest BCUT2D eigenvalue weighted by molar-refractivity contribution is 7.90. The van der Waals surface area contributed by atoms with Crippen LogP contribution in [-0.4, -0.2) is 28.3 Å². The van der Waals surface area contributed by atoms with Crippen LogP contribution in [0, 0.1) is 0 Å². The average molecular weight is 243 g/mol. The lowest BCUT2D eigenvalue weighted by atomic mass is 10.1. The van der Waals surface area contributed by atoms with Crippen LogP contribution in [0.25, 0.3) is 0 Å². The zero-order chi connectivity index (χ0) is 12.2. The third-order valence-corrected chi connectivity index (χ3v) is 3.45. The molecule has 1 rings (SSSR count). The molecule has 0 heterocycles. The zero-order valence-corrected chi connectivity index (χ0v) is 10.4. The van der Waals surface area contributed by atoms with Crippen molar-refractivity contribution in [2.45, 2.75) is 17.7 Å². The number of sulfone groups is 1. The van der Waals surface area contributed by atoms with E-state index in [0.717, 1.165) is 18.4 Å². The molecule has 0 saturated heterocycles. The van der Waals surface area contributed by atoms with E-state index in [0.29, 0.717) is 12.3 Å². The monoisotopic (exact) mass is 243 g/mol. The Kier molecular flexibility index (Phi) is 4.32. The van der Waals surface area contributed by atoms with Gasteiger partial charge in [0.15, 0.2) is 9.84 Å². The van der Waals surface area contributed by atoms with Gasteiger partial charge in [0.2, 0.25) is 0 Å². The Hall–Kier alpha value is -1.07. The molecule has 0 saturated carbocycles. The second kappa shape index (κ2) is 5.32. The van der Waals surface area contributed by atoms with Gasteiger partial charge < -0.3 is 10.5 Å². The van der Waals surface area contributed by atoms with E-state index in [1.54, 1.807) is 18.2 Å².